The van der Waals surface area contributed by atoms with Gasteiger partial charge in [0.1, 0.15) is 11.9 Å². The molecule has 0 radical (unpaired) electrons. The van der Waals surface area contributed by atoms with Gasteiger partial charge in [-0.15, -0.1) is 11.3 Å². The number of nitrogens with one attached hydrogen (secondary N) is 1. The van der Waals surface area contributed by atoms with Crippen LogP contribution in [0.4, 0.5) is 10.1 Å². The van der Waals surface area contributed by atoms with E-state index in [0.29, 0.717) is 5.69 Å². The SMILES string of the molecule is CC(C)(C)c1ccc(C(Nc2cccc(F)c2)C(N)=O)s1. The van der Waals surface area contributed by atoms with Crippen molar-refractivity contribution in [1.29, 1.82) is 0 Å². The van der Waals surface area contributed by atoms with Gasteiger partial charge in [0, 0.05) is 15.4 Å². The number of nitrogens with two attached hydrogens (primary N) is 1. The van der Waals surface area contributed by atoms with Crippen LogP contribution < -0.4 is 11.1 Å². The Labute approximate surface area is 128 Å². The monoisotopic (exact) mass is 306 g/mol. The highest BCUT2D eigenvalue weighted by Gasteiger charge is 2.23. The predicted octanol–water partition coefficient (Wildman–Crippen LogP) is 3.82. The lowest BCUT2D eigenvalue weighted by atomic mass is 9.95. The molecule has 1 aromatic heterocycles. The standard InChI is InChI=1S/C16H19FN2OS/c1-16(2,3)13-8-7-12(21-13)14(15(18)20)19-11-6-4-5-10(17)9-11/h4-9,14,19H,1-3H3,(H2,18,20). The molecule has 0 fully saturated rings. The first-order valence-electron chi connectivity index (χ1n) is 6.69. The van der Waals surface area contributed by atoms with E-state index >= 15 is 0 Å². The highest BCUT2D eigenvalue weighted by Crippen LogP contribution is 2.33. The van der Waals surface area contributed by atoms with Crippen molar-refractivity contribution in [3.8, 4) is 0 Å². The topological polar surface area (TPSA) is 55.1 Å². The van der Waals surface area contributed by atoms with E-state index in [4.69, 9.17) is 5.73 Å². The summed E-state index contributed by atoms with van der Waals surface area (Å²) in [6, 6.07) is 9.23. The zero-order chi connectivity index (χ0) is 15.6. The molecule has 3 nitrogen and oxygen atoms in total. The lowest BCUT2D eigenvalue weighted by Crippen LogP contribution is -2.27. The molecule has 0 aliphatic rings. The average molecular weight is 306 g/mol. The van der Waals surface area contributed by atoms with Gasteiger partial charge in [0.15, 0.2) is 0 Å². The number of carbonyl (C=O) groups is 1. The van der Waals surface area contributed by atoms with Gasteiger partial charge in [-0.2, -0.15) is 0 Å². The molecule has 2 rings (SSSR count). The van der Waals surface area contributed by atoms with Crippen molar-refractivity contribution in [3.05, 3.63) is 52.0 Å². The maximum absolute atomic E-state index is 13.2. The van der Waals surface area contributed by atoms with E-state index in [-0.39, 0.29) is 11.2 Å². The Morgan fingerprint density at radius 1 is 1.29 bits per heavy atom. The molecule has 112 valence electrons. The second-order valence-corrected chi connectivity index (χ2v) is 7.06. The molecule has 1 aromatic carbocycles. The first-order chi connectivity index (χ1) is 9.77. The highest BCUT2D eigenvalue weighted by atomic mass is 32.1. The molecule has 0 spiro atoms. The molecule has 2 aromatic rings. The van der Waals surface area contributed by atoms with E-state index < -0.39 is 11.9 Å². The zero-order valence-corrected chi connectivity index (χ0v) is 13.1. The molecular formula is C16H19FN2OS. The lowest BCUT2D eigenvalue weighted by molar-refractivity contribution is -0.118. The van der Waals surface area contributed by atoms with Crippen molar-refractivity contribution in [2.75, 3.05) is 5.32 Å². The van der Waals surface area contributed by atoms with Crippen molar-refractivity contribution in [3.63, 3.8) is 0 Å². The molecule has 3 N–H and O–H groups in total. The number of benzene rings is 1. The number of amides is 1. The summed E-state index contributed by atoms with van der Waals surface area (Å²) in [6.07, 6.45) is 0. The molecule has 0 bridgehead atoms. The Morgan fingerprint density at radius 2 is 2.00 bits per heavy atom. The van der Waals surface area contributed by atoms with E-state index in [1.54, 1.807) is 23.5 Å². The number of carbonyl (C=O) groups excluding carboxylic acids is 1. The lowest BCUT2D eigenvalue weighted by Gasteiger charge is -2.17. The first-order valence-corrected chi connectivity index (χ1v) is 7.50. The normalized spacial score (nSPS) is 13.0. The van der Waals surface area contributed by atoms with E-state index in [9.17, 15) is 9.18 Å². The predicted molar refractivity (Wildman–Crippen MR) is 85.0 cm³/mol. The highest BCUT2D eigenvalue weighted by molar-refractivity contribution is 7.12. The minimum absolute atomic E-state index is 0.0178. The third-order valence-corrected chi connectivity index (χ3v) is 4.65. The maximum atomic E-state index is 13.2. The van der Waals surface area contributed by atoms with Crippen LogP contribution in [-0.4, -0.2) is 5.91 Å². The van der Waals surface area contributed by atoms with Gasteiger partial charge in [0.2, 0.25) is 5.91 Å². The second kappa shape index (κ2) is 5.85. The molecule has 5 heteroatoms. The molecule has 1 amide bonds. The van der Waals surface area contributed by atoms with E-state index in [0.717, 1.165) is 4.88 Å². The van der Waals surface area contributed by atoms with Crippen molar-refractivity contribution >= 4 is 22.9 Å². The number of hydrogen-bond donors (Lipinski definition) is 2. The van der Waals surface area contributed by atoms with Crippen LogP contribution in [0.2, 0.25) is 0 Å². The average Bonchev–Trinajstić information content (AvgIpc) is 2.84. The van der Waals surface area contributed by atoms with Crippen LogP contribution in [0, 0.1) is 5.82 Å². The summed E-state index contributed by atoms with van der Waals surface area (Å²) in [5.74, 6) is -0.841. The number of hydrogen-bond acceptors (Lipinski definition) is 3. The number of anilines is 1. The molecule has 0 saturated heterocycles. The van der Waals surface area contributed by atoms with E-state index in [2.05, 4.69) is 26.1 Å². The van der Waals surface area contributed by atoms with Crippen LogP contribution in [0.3, 0.4) is 0 Å². The van der Waals surface area contributed by atoms with Crippen molar-refractivity contribution in [2.45, 2.75) is 32.2 Å². The van der Waals surface area contributed by atoms with Crippen molar-refractivity contribution in [1.82, 2.24) is 0 Å². The Bertz CT molecular complexity index is 646. The minimum Gasteiger partial charge on any atom is -0.369 e. The molecule has 1 atom stereocenters. The number of halogens is 1. The summed E-state index contributed by atoms with van der Waals surface area (Å²) in [4.78, 5) is 13.7. The number of rotatable bonds is 4. The van der Waals surface area contributed by atoms with Crippen molar-refractivity contribution < 1.29 is 9.18 Å². The Morgan fingerprint density at radius 3 is 2.52 bits per heavy atom. The fourth-order valence-corrected chi connectivity index (χ4v) is 3.06. The van der Waals surface area contributed by atoms with Crippen LogP contribution >= 0.6 is 11.3 Å². The largest absolute Gasteiger partial charge is 0.369 e. The summed E-state index contributed by atoms with van der Waals surface area (Å²) in [7, 11) is 0. The third-order valence-electron chi connectivity index (χ3n) is 3.07. The van der Waals surface area contributed by atoms with Crippen LogP contribution in [0.25, 0.3) is 0 Å². The maximum Gasteiger partial charge on any atom is 0.245 e. The molecule has 0 aliphatic carbocycles. The molecular weight excluding hydrogens is 287 g/mol. The number of thiophene rings is 1. The second-order valence-electron chi connectivity index (χ2n) is 5.94. The van der Waals surface area contributed by atoms with E-state index in [1.165, 1.54) is 17.0 Å². The van der Waals surface area contributed by atoms with Crippen molar-refractivity contribution in [2.24, 2.45) is 5.73 Å². The Kier molecular flexibility index (Phi) is 4.32. The van der Waals surface area contributed by atoms with Crippen LogP contribution in [0.15, 0.2) is 36.4 Å². The molecule has 0 aliphatic heterocycles. The summed E-state index contributed by atoms with van der Waals surface area (Å²) in [5.41, 5.74) is 6.03. The van der Waals surface area contributed by atoms with Gasteiger partial charge in [-0.05, 0) is 35.7 Å². The van der Waals surface area contributed by atoms with Crippen LogP contribution in [0.5, 0.6) is 0 Å². The molecule has 0 saturated carbocycles. The number of primary amides is 1. The summed E-state index contributed by atoms with van der Waals surface area (Å²) in [6.45, 7) is 6.34. The summed E-state index contributed by atoms with van der Waals surface area (Å²) < 4.78 is 13.2. The van der Waals surface area contributed by atoms with Gasteiger partial charge in [-0.3, -0.25) is 4.79 Å². The van der Waals surface area contributed by atoms with Gasteiger partial charge in [0.05, 0.1) is 0 Å². The van der Waals surface area contributed by atoms with Gasteiger partial charge < -0.3 is 11.1 Å². The third kappa shape index (κ3) is 3.82. The Hall–Kier alpha value is -1.88. The Balaban J connectivity index is 2.27. The summed E-state index contributed by atoms with van der Waals surface area (Å²) in [5, 5.41) is 3.00. The van der Waals surface area contributed by atoms with Gasteiger partial charge in [0.25, 0.3) is 0 Å². The molecule has 1 unspecified atom stereocenters. The van der Waals surface area contributed by atoms with E-state index in [1.807, 2.05) is 12.1 Å². The zero-order valence-electron chi connectivity index (χ0n) is 12.3. The quantitative estimate of drug-likeness (QED) is 0.902. The smallest absolute Gasteiger partial charge is 0.245 e. The van der Waals surface area contributed by atoms with Crippen LogP contribution in [0.1, 0.15) is 36.6 Å². The molecule has 1 heterocycles. The van der Waals surface area contributed by atoms with Gasteiger partial charge in [-0.25, -0.2) is 4.39 Å². The van der Waals surface area contributed by atoms with Gasteiger partial charge >= 0.3 is 0 Å². The fourth-order valence-electron chi connectivity index (χ4n) is 1.94. The summed E-state index contributed by atoms with van der Waals surface area (Å²) >= 11 is 1.54. The minimum atomic E-state index is -0.659. The first kappa shape index (κ1) is 15.5. The van der Waals surface area contributed by atoms with Gasteiger partial charge in [-0.1, -0.05) is 26.8 Å². The molecule has 21 heavy (non-hydrogen) atoms. The van der Waals surface area contributed by atoms with Crippen LogP contribution in [-0.2, 0) is 10.2 Å². The fraction of sp³-hybridized carbons (Fsp3) is 0.312.